The molecule has 26 heavy (non-hydrogen) atoms. The molecule has 0 aromatic rings. The zero-order chi connectivity index (χ0) is 19.3. The molecule has 0 aliphatic carbocycles. The van der Waals surface area contributed by atoms with Crippen LogP contribution in [0, 0.1) is 0 Å². The van der Waals surface area contributed by atoms with Gasteiger partial charge in [0.15, 0.2) is 5.96 Å². The summed E-state index contributed by atoms with van der Waals surface area (Å²) in [5, 5.41) is 9.32. The molecule has 0 unspecified atom stereocenters. The Morgan fingerprint density at radius 1 is 1.04 bits per heavy atom. The van der Waals surface area contributed by atoms with Crippen LogP contribution in [0.5, 0.6) is 0 Å². The van der Waals surface area contributed by atoms with E-state index in [9.17, 15) is 4.79 Å². The van der Waals surface area contributed by atoms with Crippen LogP contribution < -0.4 is 16.0 Å². The van der Waals surface area contributed by atoms with Crippen molar-refractivity contribution in [2.45, 2.75) is 71.9 Å². The van der Waals surface area contributed by atoms with Crippen LogP contribution in [-0.2, 0) is 9.47 Å². The SMILES string of the molecule is CCCCOCCCNC(=NC)NCC(C)(C)NC(=O)OC(C)(C)C.I. The van der Waals surface area contributed by atoms with Crippen LogP contribution in [0.15, 0.2) is 4.99 Å². The number of hydrogen-bond donors (Lipinski definition) is 3. The highest BCUT2D eigenvalue weighted by molar-refractivity contribution is 14.0. The summed E-state index contributed by atoms with van der Waals surface area (Å²) in [5.74, 6) is 0.702. The number of nitrogens with zero attached hydrogens (tertiary/aromatic N) is 1. The fraction of sp³-hybridized carbons (Fsp3) is 0.889. The Balaban J connectivity index is 0. The van der Waals surface area contributed by atoms with Crippen molar-refractivity contribution >= 4 is 36.0 Å². The van der Waals surface area contributed by atoms with Crippen molar-refractivity contribution in [3.05, 3.63) is 0 Å². The van der Waals surface area contributed by atoms with Crippen molar-refractivity contribution in [3.8, 4) is 0 Å². The number of amides is 1. The van der Waals surface area contributed by atoms with Crippen molar-refractivity contribution < 1.29 is 14.3 Å². The van der Waals surface area contributed by atoms with Gasteiger partial charge >= 0.3 is 6.09 Å². The number of carbonyl (C=O) groups is 1. The fourth-order valence-corrected chi connectivity index (χ4v) is 1.88. The number of carbonyl (C=O) groups excluding carboxylic acids is 1. The van der Waals surface area contributed by atoms with E-state index in [1.54, 1.807) is 7.05 Å². The summed E-state index contributed by atoms with van der Waals surface area (Å²) in [7, 11) is 1.72. The smallest absolute Gasteiger partial charge is 0.408 e. The molecule has 156 valence electrons. The summed E-state index contributed by atoms with van der Waals surface area (Å²) < 4.78 is 10.8. The van der Waals surface area contributed by atoms with E-state index in [4.69, 9.17) is 9.47 Å². The number of alkyl carbamates (subject to hydrolysis) is 1. The number of unbranched alkanes of at least 4 members (excludes halogenated alkanes) is 1. The van der Waals surface area contributed by atoms with Crippen LogP contribution in [0.2, 0.25) is 0 Å². The summed E-state index contributed by atoms with van der Waals surface area (Å²) >= 11 is 0. The topological polar surface area (TPSA) is 84.0 Å². The lowest BCUT2D eigenvalue weighted by Crippen LogP contribution is -2.54. The highest BCUT2D eigenvalue weighted by Gasteiger charge is 2.24. The van der Waals surface area contributed by atoms with E-state index in [0.717, 1.165) is 39.0 Å². The zero-order valence-electron chi connectivity index (χ0n) is 17.5. The normalized spacial score (nSPS) is 12.2. The predicted octanol–water partition coefficient (Wildman–Crippen LogP) is 3.28. The molecule has 0 fully saturated rings. The van der Waals surface area contributed by atoms with E-state index in [0.29, 0.717) is 12.5 Å². The van der Waals surface area contributed by atoms with Gasteiger partial charge in [-0.2, -0.15) is 0 Å². The largest absolute Gasteiger partial charge is 0.444 e. The average molecular weight is 486 g/mol. The molecular formula is C18H39IN4O3. The number of nitrogens with one attached hydrogen (secondary N) is 3. The van der Waals surface area contributed by atoms with Crippen LogP contribution in [0.4, 0.5) is 4.79 Å². The molecule has 7 nitrogen and oxygen atoms in total. The van der Waals surface area contributed by atoms with Gasteiger partial charge in [0.2, 0.25) is 0 Å². The number of rotatable bonds is 10. The first-order valence-electron chi connectivity index (χ1n) is 9.13. The Hall–Kier alpha value is -0.770. The molecule has 3 N–H and O–H groups in total. The van der Waals surface area contributed by atoms with Crippen molar-refractivity contribution in [2.75, 3.05) is 33.4 Å². The minimum absolute atomic E-state index is 0. The minimum Gasteiger partial charge on any atom is -0.444 e. The molecule has 0 saturated heterocycles. The second-order valence-corrected chi connectivity index (χ2v) is 7.68. The monoisotopic (exact) mass is 486 g/mol. The van der Waals surface area contributed by atoms with Crippen LogP contribution in [0.3, 0.4) is 0 Å². The van der Waals surface area contributed by atoms with E-state index < -0.39 is 17.2 Å². The second kappa shape index (κ2) is 14.3. The summed E-state index contributed by atoms with van der Waals surface area (Å²) in [4.78, 5) is 16.1. The molecule has 0 aromatic carbocycles. The third-order valence-electron chi connectivity index (χ3n) is 3.16. The van der Waals surface area contributed by atoms with E-state index >= 15 is 0 Å². The van der Waals surface area contributed by atoms with Crippen LogP contribution in [0.1, 0.15) is 60.8 Å². The zero-order valence-corrected chi connectivity index (χ0v) is 19.9. The Kier molecular flexibility index (Phi) is 15.1. The molecule has 1 amide bonds. The molecule has 0 aliphatic heterocycles. The molecular weight excluding hydrogens is 447 g/mol. The van der Waals surface area contributed by atoms with Crippen LogP contribution >= 0.6 is 24.0 Å². The maximum Gasteiger partial charge on any atom is 0.408 e. The van der Waals surface area contributed by atoms with Gasteiger partial charge in [-0.05, 0) is 47.5 Å². The highest BCUT2D eigenvalue weighted by atomic mass is 127. The summed E-state index contributed by atoms with van der Waals surface area (Å²) in [5.41, 5.74) is -0.979. The first-order valence-corrected chi connectivity index (χ1v) is 9.13. The standard InChI is InChI=1S/C18H38N4O3.HI/c1-8-9-12-24-13-10-11-20-15(19-7)21-14-18(5,6)22-16(23)25-17(2,3)4;/h8-14H2,1-7H3,(H,22,23)(H2,19,20,21);1H. The number of aliphatic imine (C=N–C) groups is 1. The quantitative estimate of drug-likeness (QED) is 0.191. The van der Waals surface area contributed by atoms with E-state index in [1.807, 2.05) is 34.6 Å². The molecule has 0 aromatic heterocycles. The Labute approximate surface area is 176 Å². The van der Waals surface area contributed by atoms with E-state index in [-0.39, 0.29) is 24.0 Å². The number of ether oxygens (including phenoxy) is 2. The Morgan fingerprint density at radius 2 is 1.65 bits per heavy atom. The number of halogens is 1. The summed E-state index contributed by atoms with van der Waals surface area (Å²) in [6.07, 6.45) is 2.76. The molecule has 0 saturated carbocycles. The van der Waals surface area contributed by atoms with Crippen molar-refractivity contribution in [3.63, 3.8) is 0 Å². The molecule has 0 rings (SSSR count). The average Bonchev–Trinajstić information content (AvgIpc) is 2.46. The Morgan fingerprint density at radius 3 is 2.19 bits per heavy atom. The van der Waals surface area contributed by atoms with E-state index in [1.165, 1.54) is 0 Å². The summed E-state index contributed by atoms with van der Waals surface area (Å²) in [6, 6.07) is 0. The number of guanidine groups is 1. The first-order chi connectivity index (χ1) is 11.6. The Bertz CT molecular complexity index is 410. The molecule has 0 heterocycles. The highest BCUT2D eigenvalue weighted by Crippen LogP contribution is 2.09. The van der Waals surface area contributed by atoms with Crippen molar-refractivity contribution in [1.29, 1.82) is 0 Å². The molecule has 0 bridgehead atoms. The summed E-state index contributed by atoms with van der Waals surface area (Å²) in [6.45, 7) is 14.4. The van der Waals surface area contributed by atoms with Gasteiger partial charge in [-0.25, -0.2) is 4.79 Å². The van der Waals surface area contributed by atoms with Gasteiger partial charge in [-0.3, -0.25) is 4.99 Å². The van der Waals surface area contributed by atoms with Crippen LogP contribution in [0.25, 0.3) is 0 Å². The second-order valence-electron chi connectivity index (χ2n) is 7.68. The minimum atomic E-state index is -0.510. The van der Waals surface area contributed by atoms with Gasteiger partial charge in [-0.15, -0.1) is 24.0 Å². The number of hydrogen-bond acceptors (Lipinski definition) is 4. The maximum absolute atomic E-state index is 11.9. The molecule has 0 aliphatic rings. The lowest BCUT2D eigenvalue weighted by atomic mass is 10.1. The molecule has 8 heteroatoms. The fourth-order valence-electron chi connectivity index (χ4n) is 1.88. The predicted molar refractivity (Wildman–Crippen MR) is 119 cm³/mol. The van der Waals surface area contributed by atoms with Crippen molar-refractivity contribution in [2.24, 2.45) is 4.99 Å². The lowest BCUT2D eigenvalue weighted by Gasteiger charge is -2.29. The van der Waals surface area contributed by atoms with Gasteiger partial charge in [0.1, 0.15) is 5.60 Å². The van der Waals surface area contributed by atoms with E-state index in [2.05, 4.69) is 27.9 Å². The van der Waals surface area contributed by atoms with Gasteiger partial charge in [0, 0.05) is 33.4 Å². The molecule has 0 radical (unpaired) electrons. The van der Waals surface area contributed by atoms with Crippen molar-refractivity contribution in [1.82, 2.24) is 16.0 Å². The van der Waals surface area contributed by atoms with Gasteiger partial charge < -0.3 is 25.4 Å². The van der Waals surface area contributed by atoms with Gasteiger partial charge in [0.05, 0.1) is 5.54 Å². The molecule has 0 atom stereocenters. The lowest BCUT2D eigenvalue weighted by molar-refractivity contribution is 0.0474. The third kappa shape index (κ3) is 16.7. The maximum atomic E-state index is 11.9. The molecule has 0 spiro atoms. The first kappa shape index (κ1) is 27.4. The van der Waals surface area contributed by atoms with Gasteiger partial charge in [0.25, 0.3) is 0 Å². The van der Waals surface area contributed by atoms with Crippen LogP contribution in [-0.4, -0.2) is 56.5 Å². The third-order valence-corrected chi connectivity index (χ3v) is 3.16. The van der Waals surface area contributed by atoms with Gasteiger partial charge in [-0.1, -0.05) is 13.3 Å².